The number of carbonyl (C=O) groups excluding carboxylic acids is 2. The first-order valence-electron chi connectivity index (χ1n) is 7.39. The van der Waals surface area contributed by atoms with Crippen molar-refractivity contribution in [1.29, 1.82) is 0 Å². The van der Waals surface area contributed by atoms with Crippen molar-refractivity contribution in [3.8, 4) is 5.75 Å². The maximum atomic E-state index is 12.1. The molecule has 5 nitrogen and oxygen atoms in total. The van der Waals surface area contributed by atoms with Gasteiger partial charge in [0.25, 0.3) is 0 Å². The first kappa shape index (κ1) is 16.8. The van der Waals surface area contributed by atoms with Crippen LogP contribution in [0.25, 0.3) is 0 Å². The zero-order valence-corrected chi connectivity index (χ0v) is 13.6. The number of nitrogens with one attached hydrogen (secondary N) is 1. The van der Waals surface area contributed by atoms with E-state index in [4.69, 9.17) is 4.74 Å². The predicted molar refractivity (Wildman–Crippen MR) is 88.4 cm³/mol. The van der Waals surface area contributed by atoms with Crippen molar-refractivity contribution in [3.05, 3.63) is 47.9 Å². The second-order valence-electron chi connectivity index (χ2n) is 6.33. The SMILES string of the molecule is COc1ccc(N/C=C\C(O)=C2C(=O)CC(C)(C)CC2=O)cc1. The van der Waals surface area contributed by atoms with Crippen LogP contribution in [-0.2, 0) is 9.59 Å². The van der Waals surface area contributed by atoms with Crippen LogP contribution in [0.2, 0.25) is 0 Å². The minimum Gasteiger partial charge on any atom is -0.507 e. The molecule has 5 heteroatoms. The summed E-state index contributed by atoms with van der Waals surface area (Å²) in [4.78, 5) is 24.1. The number of anilines is 1. The Morgan fingerprint density at radius 3 is 2.26 bits per heavy atom. The van der Waals surface area contributed by atoms with Crippen molar-refractivity contribution in [2.24, 2.45) is 5.41 Å². The maximum absolute atomic E-state index is 12.1. The van der Waals surface area contributed by atoms with Crippen LogP contribution in [0.1, 0.15) is 26.7 Å². The normalized spacial score (nSPS) is 17.4. The van der Waals surface area contributed by atoms with Gasteiger partial charge in [-0.05, 0) is 35.8 Å². The van der Waals surface area contributed by atoms with E-state index in [1.54, 1.807) is 19.2 Å². The fraction of sp³-hybridized carbons (Fsp3) is 0.333. The van der Waals surface area contributed by atoms with E-state index in [0.717, 1.165) is 11.4 Å². The smallest absolute Gasteiger partial charge is 0.170 e. The monoisotopic (exact) mass is 315 g/mol. The first-order chi connectivity index (χ1) is 10.8. The molecule has 0 radical (unpaired) electrons. The van der Waals surface area contributed by atoms with Crippen LogP contribution in [0.4, 0.5) is 5.69 Å². The van der Waals surface area contributed by atoms with Gasteiger partial charge in [0.1, 0.15) is 17.1 Å². The number of ether oxygens (including phenoxy) is 1. The topological polar surface area (TPSA) is 75.6 Å². The van der Waals surface area contributed by atoms with Gasteiger partial charge < -0.3 is 15.2 Å². The average molecular weight is 315 g/mol. The molecule has 0 unspecified atom stereocenters. The van der Waals surface area contributed by atoms with Gasteiger partial charge in [0, 0.05) is 24.7 Å². The van der Waals surface area contributed by atoms with Crippen molar-refractivity contribution >= 4 is 17.3 Å². The van der Waals surface area contributed by atoms with Crippen molar-refractivity contribution < 1.29 is 19.4 Å². The molecule has 1 aliphatic rings. The van der Waals surface area contributed by atoms with Gasteiger partial charge in [-0.3, -0.25) is 9.59 Å². The highest BCUT2D eigenvalue weighted by atomic mass is 16.5. The Labute approximate surface area is 135 Å². The molecule has 23 heavy (non-hydrogen) atoms. The Morgan fingerprint density at radius 1 is 1.17 bits per heavy atom. The molecule has 2 N–H and O–H groups in total. The molecule has 0 heterocycles. The standard InChI is InChI=1S/C18H21NO4/c1-18(2)10-15(21)17(16(22)11-18)14(20)8-9-19-12-4-6-13(23-3)7-5-12/h4-9,19-20H,10-11H2,1-3H3/b9-8-. The summed E-state index contributed by atoms with van der Waals surface area (Å²) in [5.74, 6) is -0.169. The molecule has 0 spiro atoms. The predicted octanol–water partition coefficient (Wildman–Crippen LogP) is 3.39. The van der Waals surface area contributed by atoms with Crippen molar-refractivity contribution in [1.82, 2.24) is 0 Å². The summed E-state index contributed by atoms with van der Waals surface area (Å²) < 4.78 is 5.06. The lowest BCUT2D eigenvalue weighted by molar-refractivity contribution is -0.127. The Balaban J connectivity index is 2.08. The average Bonchev–Trinajstić information content (AvgIpc) is 2.45. The number of methoxy groups -OCH3 is 1. The van der Waals surface area contributed by atoms with Crippen molar-refractivity contribution in [2.45, 2.75) is 26.7 Å². The molecule has 1 saturated carbocycles. The largest absolute Gasteiger partial charge is 0.507 e. The van der Waals surface area contributed by atoms with Crippen LogP contribution < -0.4 is 10.1 Å². The zero-order chi connectivity index (χ0) is 17.0. The first-order valence-corrected chi connectivity index (χ1v) is 7.39. The van der Waals surface area contributed by atoms with Gasteiger partial charge in [-0.1, -0.05) is 13.8 Å². The Bertz CT molecular complexity index is 647. The molecule has 122 valence electrons. The Hall–Kier alpha value is -2.56. The molecule has 0 aliphatic heterocycles. The number of aliphatic hydroxyl groups is 1. The highest BCUT2D eigenvalue weighted by Gasteiger charge is 2.37. The highest BCUT2D eigenvalue weighted by Crippen LogP contribution is 2.34. The van der Waals surface area contributed by atoms with Gasteiger partial charge in [-0.2, -0.15) is 0 Å². The van der Waals surface area contributed by atoms with Crippen molar-refractivity contribution in [3.63, 3.8) is 0 Å². The molecule has 1 aliphatic carbocycles. The molecule has 0 aromatic heterocycles. The number of aliphatic hydroxyl groups excluding tert-OH is 1. The molecule has 0 atom stereocenters. The van der Waals surface area contributed by atoms with Crippen LogP contribution in [0.5, 0.6) is 5.75 Å². The molecular formula is C18H21NO4. The number of hydrogen-bond donors (Lipinski definition) is 2. The van der Waals surface area contributed by atoms with Gasteiger partial charge in [-0.25, -0.2) is 0 Å². The Kier molecular flexibility index (Phi) is 4.89. The lowest BCUT2D eigenvalue weighted by atomic mass is 9.74. The number of allylic oxidation sites excluding steroid dienone is 2. The van der Waals surface area contributed by atoms with E-state index < -0.39 is 0 Å². The quantitative estimate of drug-likeness (QED) is 0.506. The summed E-state index contributed by atoms with van der Waals surface area (Å²) in [6.45, 7) is 3.75. The van der Waals surface area contributed by atoms with Gasteiger partial charge in [0.2, 0.25) is 0 Å². The summed E-state index contributed by atoms with van der Waals surface area (Å²) in [5, 5.41) is 13.0. The summed E-state index contributed by atoms with van der Waals surface area (Å²) >= 11 is 0. The third-order valence-corrected chi connectivity index (χ3v) is 3.67. The Morgan fingerprint density at radius 2 is 1.74 bits per heavy atom. The number of Topliss-reactive ketones (excluding diaryl/α,β-unsaturated/α-hetero) is 2. The summed E-state index contributed by atoms with van der Waals surface area (Å²) in [6, 6.07) is 7.22. The molecule has 1 fully saturated rings. The number of rotatable bonds is 4. The van der Waals surface area contributed by atoms with Gasteiger partial charge >= 0.3 is 0 Å². The molecule has 0 bridgehead atoms. The fourth-order valence-electron chi connectivity index (χ4n) is 2.54. The van der Waals surface area contributed by atoms with Crippen LogP contribution >= 0.6 is 0 Å². The summed E-state index contributed by atoms with van der Waals surface area (Å²) in [5.41, 5.74) is 0.350. The minimum atomic E-state index is -0.344. The van der Waals surface area contributed by atoms with E-state index in [2.05, 4.69) is 5.32 Å². The maximum Gasteiger partial charge on any atom is 0.170 e. The zero-order valence-electron chi connectivity index (χ0n) is 13.6. The number of hydrogen-bond acceptors (Lipinski definition) is 5. The van der Waals surface area contributed by atoms with Crippen LogP contribution in [0.3, 0.4) is 0 Å². The molecule has 0 saturated heterocycles. The number of ketones is 2. The van der Waals surface area contributed by atoms with E-state index in [0.29, 0.717) is 0 Å². The highest BCUT2D eigenvalue weighted by molar-refractivity contribution is 6.22. The van der Waals surface area contributed by atoms with Crippen molar-refractivity contribution in [2.75, 3.05) is 12.4 Å². The van der Waals surface area contributed by atoms with E-state index in [-0.39, 0.29) is 41.2 Å². The molecule has 0 amide bonds. The fourth-order valence-corrected chi connectivity index (χ4v) is 2.54. The van der Waals surface area contributed by atoms with Crippen LogP contribution in [-0.4, -0.2) is 23.8 Å². The summed E-state index contributed by atoms with van der Waals surface area (Å²) in [7, 11) is 1.59. The number of carbonyl (C=O) groups is 2. The minimum absolute atomic E-state index is 0.0999. The molecular weight excluding hydrogens is 294 g/mol. The molecule has 1 aromatic rings. The van der Waals surface area contributed by atoms with Gasteiger partial charge in [0.05, 0.1) is 7.11 Å². The third kappa shape index (κ3) is 4.22. The van der Waals surface area contributed by atoms with E-state index in [1.807, 2.05) is 26.0 Å². The van der Waals surface area contributed by atoms with E-state index in [9.17, 15) is 14.7 Å². The molecule has 2 rings (SSSR count). The number of benzene rings is 1. The third-order valence-electron chi connectivity index (χ3n) is 3.67. The lowest BCUT2D eigenvalue weighted by Gasteiger charge is -2.28. The lowest BCUT2D eigenvalue weighted by Crippen LogP contribution is -2.32. The van der Waals surface area contributed by atoms with Crippen LogP contribution in [0, 0.1) is 5.41 Å². The second kappa shape index (κ2) is 6.69. The van der Waals surface area contributed by atoms with E-state index >= 15 is 0 Å². The second-order valence-corrected chi connectivity index (χ2v) is 6.33. The van der Waals surface area contributed by atoms with Gasteiger partial charge in [0.15, 0.2) is 11.6 Å². The molecule has 1 aromatic carbocycles. The van der Waals surface area contributed by atoms with Crippen LogP contribution in [0.15, 0.2) is 47.9 Å². The summed E-state index contributed by atoms with van der Waals surface area (Å²) in [6.07, 6.45) is 3.34. The van der Waals surface area contributed by atoms with Gasteiger partial charge in [-0.15, -0.1) is 0 Å². The van der Waals surface area contributed by atoms with E-state index in [1.165, 1.54) is 12.3 Å².